The van der Waals surface area contributed by atoms with Crippen molar-refractivity contribution in [3.05, 3.63) is 58.9 Å². The Kier molecular flexibility index (Phi) is 6.13. The Morgan fingerprint density at radius 2 is 1.93 bits per heavy atom. The molecule has 1 heterocycles. The van der Waals surface area contributed by atoms with Gasteiger partial charge in [-0.15, -0.1) is 0 Å². The van der Waals surface area contributed by atoms with Crippen molar-refractivity contribution in [2.75, 3.05) is 18.2 Å². The van der Waals surface area contributed by atoms with Gasteiger partial charge < -0.3 is 10.1 Å². The number of carbonyl (C=O) groups is 1. The first-order chi connectivity index (χ1) is 13.1. The van der Waals surface area contributed by atoms with Crippen LogP contribution in [0, 0.1) is 0 Å². The molecule has 0 saturated carbocycles. The number of anilines is 1. The molecule has 1 aromatic heterocycles. The van der Waals surface area contributed by atoms with Gasteiger partial charge in [0.1, 0.15) is 5.75 Å². The van der Waals surface area contributed by atoms with Crippen LogP contribution in [-0.4, -0.2) is 28.3 Å². The van der Waals surface area contributed by atoms with Gasteiger partial charge in [-0.1, -0.05) is 30.8 Å². The maximum Gasteiger partial charge on any atom is 0.262 e. The number of para-hydroxylation sites is 1. The predicted octanol–water partition coefficient (Wildman–Crippen LogP) is 3.55. The third-order valence-corrected chi connectivity index (χ3v) is 4.96. The number of methoxy groups -OCH3 is 1. The molecule has 1 amide bonds. The van der Waals surface area contributed by atoms with Crippen molar-refractivity contribution in [3.8, 4) is 5.75 Å². The number of nitrogens with zero attached hydrogens (tertiary/aromatic N) is 2. The highest BCUT2D eigenvalue weighted by Crippen LogP contribution is 2.19. The summed E-state index contributed by atoms with van der Waals surface area (Å²) in [6.45, 7) is 2.57. The molecule has 0 aliphatic carbocycles. The van der Waals surface area contributed by atoms with Gasteiger partial charge >= 0.3 is 0 Å². The maximum absolute atomic E-state index is 12.7. The van der Waals surface area contributed by atoms with Gasteiger partial charge in [-0.05, 0) is 42.8 Å². The van der Waals surface area contributed by atoms with Gasteiger partial charge in [-0.2, -0.15) is 0 Å². The fraction of sp³-hybridized carbons (Fsp3) is 0.250. The molecule has 0 bridgehead atoms. The van der Waals surface area contributed by atoms with E-state index in [1.807, 2.05) is 25.1 Å². The Hall–Kier alpha value is -2.80. The number of rotatable bonds is 7. The minimum absolute atomic E-state index is 0.0690. The summed E-state index contributed by atoms with van der Waals surface area (Å²) >= 11 is 1.27. The predicted molar refractivity (Wildman–Crippen MR) is 109 cm³/mol. The second-order valence-corrected chi connectivity index (χ2v) is 6.88. The second kappa shape index (κ2) is 8.73. The summed E-state index contributed by atoms with van der Waals surface area (Å²) in [4.78, 5) is 29.6. The Labute approximate surface area is 161 Å². The summed E-state index contributed by atoms with van der Waals surface area (Å²) in [5, 5.41) is 3.99. The first kappa shape index (κ1) is 19.0. The van der Waals surface area contributed by atoms with Crippen molar-refractivity contribution in [1.82, 2.24) is 9.55 Å². The molecule has 1 N–H and O–H groups in total. The highest BCUT2D eigenvalue weighted by molar-refractivity contribution is 7.99. The molecular formula is C20H21N3O3S. The molecule has 7 heteroatoms. The largest absolute Gasteiger partial charge is 0.497 e. The van der Waals surface area contributed by atoms with Crippen LogP contribution in [0.3, 0.4) is 0 Å². The summed E-state index contributed by atoms with van der Waals surface area (Å²) in [5.74, 6) is 0.738. The molecule has 0 aliphatic heterocycles. The average molecular weight is 383 g/mol. The third-order valence-electron chi connectivity index (χ3n) is 3.98. The van der Waals surface area contributed by atoms with Crippen molar-refractivity contribution in [3.63, 3.8) is 0 Å². The zero-order valence-corrected chi connectivity index (χ0v) is 16.1. The summed E-state index contributed by atoms with van der Waals surface area (Å²) in [5.41, 5.74) is 1.27. The Morgan fingerprint density at radius 3 is 2.63 bits per heavy atom. The second-order valence-electron chi connectivity index (χ2n) is 5.93. The van der Waals surface area contributed by atoms with Crippen LogP contribution < -0.4 is 15.6 Å². The van der Waals surface area contributed by atoms with E-state index in [1.165, 1.54) is 11.8 Å². The summed E-state index contributed by atoms with van der Waals surface area (Å²) in [7, 11) is 1.59. The number of amides is 1. The molecular weight excluding hydrogens is 362 g/mol. The molecule has 0 aliphatic rings. The van der Waals surface area contributed by atoms with E-state index in [9.17, 15) is 9.59 Å². The van der Waals surface area contributed by atoms with Crippen molar-refractivity contribution < 1.29 is 9.53 Å². The van der Waals surface area contributed by atoms with Crippen molar-refractivity contribution in [1.29, 1.82) is 0 Å². The molecule has 27 heavy (non-hydrogen) atoms. The number of aromatic nitrogens is 2. The lowest BCUT2D eigenvalue weighted by Crippen LogP contribution is -2.24. The van der Waals surface area contributed by atoms with Gasteiger partial charge in [0.15, 0.2) is 5.16 Å². The lowest BCUT2D eigenvalue weighted by Gasteiger charge is -2.12. The number of fused-ring (bicyclic) bond motifs is 1. The number of hydrogen-bond acceptors (Lipinski definition) is 5. The fourth-order valence-corrected chi connectivity index (χ4v) is 3.51. The van der Waals surface area contributed by atoms with Gasteiger partial charge in [-0.3, -0.25) is 14.2 Å². The number of nitrogens with one attached hydrogen (secondary N) is 1. The molecule has 3 rings (SSSR count). The molecule has 6 nitrogen and oxygen atoms in total. The van der Waals surface area contributed by atoms with Gasteiger partial charge in [-0.25, -0.2) is 4.98 Å². The first-order valence-electron chi connectivity index (χ1n) is 8.68. The number of thioether (sulfide) groups is 1. The van der Waals surface area contributed by atoms with Gasteiger partial charge in [0.25, 0.3) is 5.56 Å². The van der Waals surface area contributed by atoms with E-state index in [-0.39, 0.29) is 17.2 Å². The van der Waals surface area contributed by atoms with E-state index in [1.54, 1.807) is 42.0 Å². The summed E-state index contributed by atoms with van der Waals surface area (Å²) in [6, 6.07) is 14.4. The van der Waals surface area contributed by atoms with Gasteiger partial charge in [0.2, 0.25) is 5.91 Å². The summed E-state index contributed by atoms with van der Waals surface area (Å²) in [6.07, 6.45) is 0.811. The SMILES string of the molecule is CCCn1c(SCC(=O)Nc2ccc(OC)cc2)nc2ccccc2c1=O. The summed E-state index contributed by atoms with van der Waals surface area (Å²) < 4.78 is 6.75. The Morgan fingerprint density at radius 1 is 1.19 bits per heavy atom. The number of benzene rings is 2. The van der Waals surface area contributed by atoms with Crippen LogP contribution in [0.4, 0.5) is 5.69 Å². The highest BCUT2D eigenvalue weighted by Gasteiger charge is 2.13. The maximum atomic E-state index is 12.7. The quantitative estimate of drug-likeness (QED) is 0.499. The van der Waals surface area contributed by atoms with Crippen molar-refractivity contribution >= 4 is 34.3 Å². The molecule has 2 aromatic carbocycles. The van der Waals surface area contributed by atoms with E-state index < -0.39 is 0 Å². The van der Waals surface area contributed by atoms with Gasteiger partial charge in [0, 0.05) is 12.2 Å². The average Bonchev–Trinajstić information content (AvgIpc) is 2.69. The number of ether oxygens (including phenoxy) is 1. The molecule has 0 fully saturated rings. The van der Waals surface area contributed by atoms with Crippen LogP contribution in [0.1, 0.15) is 13.3 Å². The van der Waals surface area contributed by atoms with Crippen LogP contribution in [0.25, 0.3) is 10.9 Å². The minimum Gasteiger partial charge on any atom is -0.497 e. The monoisotopic (exact) mass is 383 g/mol. The van der Waals surface area contributed by atoms with Crippen LogP contribution in [0.15, 0.2) is 58.5 Å². The minimum atomic E-state index is -0.157. The molecule has 0 unspecified atom stereocenters. The lowest BCUT2D eigenvalue weighted by atomic mass is 10.2. The zero-order valence-electron chi connectivity index (χ0n) is 15.3. The molecule has 3 aromatic rings. The normalized spacial score (nSPS) is 10.7. The first-order valence-corrected chi connectivity index (χ1v) is 9.67. The molecule has 0 spiro atoms. The molecule has 140 valence electrons. The van der Waals surface area contributed by atoms with Gasteiger partial charge in [0.05, 0.1) is 23.8 Å². The topological polar surface area (TPSA) is 73.2 Å². The van der Waals surface area contributed by atoms with E-state index in [0.29, 0.717) is 28.3 Å². The lowest BCUT2D eigenvalue weighted by molar-refractivity contribution is -0.113. The Bertz CT molecular complexity index is 1000. The standard InChI is InChI=1S/C20H21N3O3S/c1-3-12-23-19(25)16-6-4-5-7-17(16)22-20(23)27-13-18(24)21-14-8-10-15(26-2)11-9-14/h4-11H,3,12-13H2,1-2H3,(H,21,24). The third kappa shape index (κ3) is 4.49. The highest BCUT2D eigenvalue weighted by atomic mass is 32.2. The fourth-order valence-electron chi connectivity index (χ4n) is 2.68. The number of carbonyl (C=O) groups excluding carboxylic acids is 1. The van der Waals surface area contributed by atoms with Crippen molar-refractivity contribution in [2.45, 2.75) is 25.0 Å². The van der Waals surface area contributed by atoms with Crippen LogP contribution in [0.2, 0.25) is 0 Å². The molecule has 0 saturated heterocycles. The van der Waals surface area contributed by atoms with Crippen LogP contribution in [0.5, 0.6) is 5.75 Å². The number of hydrogen-bond donors (Lipinski definition) is 1. The van der Waals surface area contributed by atoms with Crippen molar-refractivity contribution in [2.24, 2.45) is 0 Å². The van der Waals surface area contributed by atoms with E-state index >= 15 is 0 Å². The Balaban J connectivity index is 1.76. The van der Waals surface area contributed by atoms with E-state index in [0.717, 1.165) is 12.2 Å². The smallest absolute Gasteiger partial charge is 0.262 e. The van der Waals surface area contributed by atoms with Crippen LogP contribution in [-0.2, 0) is 11.3 Å². The molecule has 0 atom stereocenters. The van der Waals surface area contributed by atoms with E-state index in [4.69, 9.17) is 4.74 Å². The van der Waals surface area contributed by atoms with E-state index in [2.05, 4.69) is 10.3 Å². The van der Waals surface area contributed by atoms with Crippen LogP contribution >= 0.6 is 11.8 Å². The molecule has 0 radical (unpaired) electrons. The zero-order chi connectivity index (χ0) is 19.2.